The Balaban J connectivity index is 2.09. The smallest absolute Gasteiger partial charge is 0.427 e. The number of nitrogens with one attached hydrogen (secondary N) is 1. The van der Waals surface area contributed by atoms with E-state index < -0.39 is 6.09 Å². The minimum atomic E-state index is -0.610. The highest BCUT2D eigenvalue weighted by atomic mass is 16.5. The maximum atomic E-state index is 11.8. The summed E-state index contributed by atoms with van der Waals surface area (Å²) in [5.41, 5.74) is 3.45. The fraction of sp³-hybridized carbons (Fsp3) is 0.438. The van der Waals surface area contributed by atoms with Crippen LogP contribution in [0.4, 0.5) is 4.79 Å². The Morgan fingerprint density at radius 3 is 2.74 bits per heavy atom. The van der Waals surface area contributed by atoms with Gasteiger partial charge in [0.25, 0.3) is 0 Å². The number of likely N-dealkylation sites (tertiary alicyclic amines) is 1. The molecule has 1 saturated heterocycles. The molecule has 1 aromatic rings. The second-order valence-corrected chi connectivity index (χ2v) is 5.15. The quantitative estimate of drug-likeness (QED) is 0.660. The molecule has 1 fully saturated rings. The first-order valence-electron chi connectivity index (χ1n) is 7.50. The van der Waals surface area contributed by atoms with Gasteiger partial charge in [-0.25, -0.2) is 10.2 Å². The average Bonchev–Trinajstić information content (AvgIpc) is 2.96. The summed E-state index contributed by atoms with van der Waals surface area (Å²) in [7, 11) is 1.37. The zero-order valence-electron chi connectivity index (χ0n) is 13.3. The molecule has 124 valence electrons. The van der Waals surface area contributed by atoms with Crippen molar-refractivity contribution in [3.05, 3.63) is 35.9 Å². The van der Waals surface area contributed by atoms with Gasteiger partial charge in [-0.15, -0.1) is 0 Å². The van der Waals surface area contributed by atoms with Crippen LogP contribution in [0.25, 0.3) is 0 Å². The lowest BCUT2D eigenvalue weighted by Gasteiger charge is -2.19. The molecule has 1 atom stereocenters. The second-order valence-electron chi connectivity index (χ2n) is 5.15. The van der Waals surface area contributed by atoms with E-state index in [-0.39, 0.29) is 18.5 Å². The van der Waals surface area contributed by atoms with Gasteiger partial charge in [0.05, 0.1) is 19.6 Å². The zero-order chi connectivity index (χ0) is 16.7. The van der Waals surface area contributed by atoms with Gasteiger partial charge in [0.15, 0.2) is 0 Å². The summed E-state index contributed by atoms with van der Waals surface area (Å²) in [4.78, 5) is 25.1. The topological polar surface area (TPSA) is 80.2 Å². The van der Waals surface area contributed by atoms with E-state index in [9.17, 15) is 9.59 Å². The number of hydrogen-bond donors (Lipinski definition) is 1. The number of esters is 1. The summed E-state index contributed by atoms with van der Waals surface area (Å²) in [6.07, 6.45) is -0.187. The Kier molecular flexibility index (Phi) is 5.96. The highest BCUT2D eigenvalue weighted by Gasteiger charge is 2.33. The normalized spacial score (nSPS) is 18.8. The van der Waals surface area contributed by atoms with Crippen LogP contribution in [-0.2, 0) is 20.8 Å². The first-order valence-corrected chi connectivity index (χ1v) is 7.50. The van der Waals surface area contributed by atoms with Crippen molar-refractivity contribution >= 4 is 17.9 Å². The van der Waals surface area contributed by atoms with Crippen LogP contribution in [0.15, 0.2) is 35.4 Å². The van der Waals surface area contributed by atoms with Gasteiger partial charge in [0.2, 0.25) is 0 Å². The van der Waals surface area contributed by atoms with Crippen LogP contribution >= 0.6 is 0 Å². The molecule has 23 heavy (non-hydrogen) atoms. The van der Waals surface area contributed by atoms with Crippen LogP contribution in [0.2, 0.25) is 0 Å². The van der Waals surface area contributed by atoms with E-state index in [1.54, 1.807) is 6.92 Å². The summed E-state index contributed by atoms with van der Waals surface area (Å²) in [6.45, 7) is 3.11. The monoisotopic (exact) mass is 319 g/mol. The number of carbonyl (C=O) groups is 2. The van der Waals surface area contributed by atoms with Crippen molar-refractivity contribution in [2.75, 3.05) is 20.3 Å². The number of methoxy groups -OCH3 is 1. The molecule has 0 radical (unpaired) electrons. The summed E-state index contributed by atoms with van der Waals surface area (Å²) < 4.78 is 9.60. The summed E-state index contributed by atoms with van der Waals surface area (Å²) in [5, 5.41) is 4.10. The van der Waals surface area contributed by atoms with E-state index in [4.69, 9.17) is 9.47 Å². The van der Waals surface area contributed by atoms with Gasteiger partial charge in [0, 0.05) is 19.5 Å². The Hall–Kier alpha value is -2.57. The second kappa shape index (κ2) is 8.17. The molecule has 0 aromatic heterocycles. The van der Waals surface area contributed by atoms with Gasteiger partial charge < -0.3 is 14.4 Å². The molecule has 1 amide bonds. The maximum absolute atomic E-state index is 11.8. The van der Waals surface area contributed by atoms with E-state index in [0.29, 0.717) is 25.3 Å². The SMILES string of the molecule is CCOC(=O)NN=C1C[C@H](C(=O)OC)CN1Cc1ccccc1. The van der Waals surface area contributed by atoms with Crippen molar-refractivity contribution < 1.29 is 19.1 Å². The van der Waals surface area contributed by atoms with Crippen LogP contribution in [-0.4, -0.2) is 43.1 Å². The Bertz CT molecular complexity index is 574. The van der Waals surface area contributed by atoms with Crippen LogP contribution in [0.5, 0.6) is 0 Å². The fourth-order valence-electron chi connectivity index (χ4n) is 2.46. The molecule has 1 aromatic carbocycles. The number of amidine groups is 1. The van der Waals surface area contributed by atoms with Gasteiger partial charge in [-0.3, -0.25) is 4.79 Å². The van der Waals surface area contributed by atoms with Crippen molar-refractivity contribution in [3.63, 3.8) is 0 Å². The molecular weight excluding hydrogens is 298 g/mol. The van der Waals surface area contributed by atoms with E-state index in [2.05, 4.69) is 10.5 Å². The Morgan fingerprint density at radius 2 is 2.09 bits per heavy atom. The summed E-state index contributed by atoms with van der Waals surface area (Å²) in [6, 6.07) is 9.86. The molecule has 0 bridgehead atoms. The van der Waals surface area contributed by atoms with Gasteiger partial charge >= 0.3 is 12.1 Å². The molecule has 7 nitrogen and oxygen atoms in total. The third-order valence-electron chi connectivity index (χ3n) is 3.54. The lowest BCUT2D eigenvalue weighted by atomic mass is 10.1. The van der Waals surface area contributed by atoms with Gasteiger partial charge in [-0.05, 0) is 12.5 Å². The fourth-order valence-corrected chi connectivity index (χ4v) is 2.46. The van der Waals surface area contributed by atoms with Crippen LogP contribution in [0.3, 0.4) is 0 Å². The van der Waals surface area contributed by atoms with Crippen molar-refractivity contribution in [2.45, 2.75) is 19.9 Å². The standard InChI is InChI=1S/C16H21N3O4/c1-3-23-16(21)18-17-14-9-13(15(20)22-2)11-19(14)10-12-7-5-4-6-8-12/h4-8,13H,3,9-11H2,1-2H3,(H,18,21)/t13-/m0/s1. The highest BCUT2D eigenvalue weighted by molar-refractivity contribution is 5.91. The molecule has 0 aliphatic carbocycles. The Morgan fingerprint density at radius 1 is 1.35 bits per heavy atom. The lowest BCUT2D eigenvalue weighted by molar-refractivity contribution is -0.144. The van der Waals surface area contributed by atoms with Gasteiger partial charge in [-0.2, -0.15) is 5.10 Å². The molecule has 0 spiro atoms. The minimum absolute atomic E-state index is 0.273. The van der Waals surface area contributed by atoms with Crippen molar-refractivity contribution in [1.82, 2.24) is 10.3 Å². The molecule has 1 aliphatic heterocycles. The molecule has 1 N–H and O–H groups in total. The van der Waals surface area contributed by atoms with E-state index in [1.165, 1.54) is 7.11 Å². The number of hydrogen-bond acceptors (Lipinski definition) is 5. The predicted molar refractivity (Wildman–Crippen MR) is 84.6 cm³/mol. The van der Waals surface area contributed by atoms with Crippen molar-refractivity contribution in [1.29, 1.82) is 0 Å². The average molecular weight is 319 g/mol. The number of carbonyl (C=O) groups excluding carboxylic acids is 2. The Labute approximate surface area is 135 Å². The van der Waals surface area contributed by atoms with Crippen molar-refractivity contribution in [3.8, 4) is 0 Å². The van der Waals surface area contributed by atoms with Gasteiger partial charge in [-0.1, -0.05) is 30.3 Å². The molecule has 0 unspecified atom stereocenters. The van der Waals surface area contributed by atoms with Crippen LogP contribution in [0.1, 0.15) is 18.9 Å². The third kappa shape index (κ3) is 4.70. The maximum Gasteiger partial charge on any atom is 0.427 e. The molecule has 2 rings (SSSR count). The molecule has 7 heteroatoms. The largest absolute Gasteiger partial charge is 0.469 e. The number of ether oxygens (including phenoxy) is 2. The summed E-state index contributed by atoms with van der Waals surface area (Å²) in [5.74, 6) is 0.0770. The molecule has 0 saturated carbocycles. The van der Waals surface area contributed by atoms with E-state index in [0.717, 1.165) is 5.56 Å². The van der Waals surface area contributed by atoms with E-state index in [1.807, 2.05) is 35.2 Å². The number of rotatable bonds is 5. The number of benzene rings is 1. The zero-order valence-corrected chi connectivity index (χ0v) is 13.3. The number of hydrazone groups is 1. The predicted octanol–water partition coefficient (Wildman–Crippen LogP) is 1.74. The van der Waals surface area contributed by atoms with Crippen LogP contribution in [0, 0.1) is 5.92 Å². The first-order chi connectivity index (χ1) is 11.1. The van der Waals surface area contributed by atoms with E-state index >= 15 is 0 Å². The first kappa shape index (κ1) is 16.8. The van der Waals surface area contributed by atoms with Crippen LogP contribution < -0.4 is 5.43 Å². The van der Waals surface area contributed by atoms with Gasteiger partial charge in [0.1, 0.15) is 5.84 Å². The van der Waals surface area contributed by atoms with Crippen molar-refractivity contribution in [2.24, 2.45) is 11.0 Å². The molecule has 1 heterocycles. The number of amides is 1. The third-order valence-corrected chi connectivity index (χ3v) is 3.54. The lowest BCUT2D eigenvalue weighted by Crippen LogP contribution is -2.29. The highest BCUT2D eigenvalue weighted by Crippen LogP contribution is 2.22. The minimum Gasteiger partial charge on any atom is -0.469 e. The summed E-state index contributed by atoms with van der Waals surface area (Å²) >= 11 is 0. The molecular formula is C16H21N3O4. The number of nitrogens with zero attached hydrogens (tertiary/aromatic N) is 2. The molecule has 1 aliphatic rings.